The summed E-state index contributed by atoms with van der Waals surface area (Å²) in [6.07, 6.45) is 0. The van der Waals surface area contributed by atoms with E-state index in [1.165, 1.54) is 6.07 Å². The van der Waals surface area contributed by atoms with E-state index in [0.717, 1.165) is 5.56 Å². The molecule has 0 aliphatic heterocycles. The Morgan fingerprint density at radius 2 is 1.87 bits per heavy atom. The third kappa shape index (κ3) is 3.27. The molecule has 1 heterocycles. The Balaban J connectivity index is 1.87. The Morgan fingerprint density at radius 1 is 1.13 bits per heavy atom. The van der Waals surface area contributed by atoms with Crippen LogP contribution in [-0.4, -0.2) is 18.1 Å². The van der Waals surface area contributed by atoms with Crippen LogP contribution >= 0.6 is 11.6 Å². The zero-order valence-electron chi connectivity index (χ0n) is 12.5. The fourth-order valence-corrected chi connectivity index (χ4v) is 2.56. The van der Waals surface area contributed by atoms with Crippen molar-refractivity contribution < 1.29 is 14.3 Å². The van der Waals surface area contributed by atoms with Crippen molar-refractivity contribution in [2.24, 2.45) is 0 Å². The first-order chi connectivity index (χ1) is 11.2. The van der Waals surface area contributed by atoms with Crippen LogP contribution in [0.5, 0.6) is 5.75 Å². The average Bonchev–Trinajstić information content (AvgIpc) is 2.59. The first-order valence-corrected chi connectivity index (χ1v) is 7.41. The number of aromatic nitrogens is 1. The molecule has 0 spiro atoms. The molecule has 0 aliphatic rings. The van der Waals surface area contributed by atoms with E-state index in [-0.39, 0.29) is 11.8 Å². The number of para-hydroxylation sites is 2. The molecular weight excluding hydrogens is 314 g/mol. The summed E-state index contributed by atoms with van der Waals surface area (Å²) in [5, 5.41) is 0.967. The lowest BCUT2D eigenvalue weighted by molar-refractivity contribution is 0.0472. The standard InChI is InChI=1S/C18H14ClNO3/c1-22-16-9-5-2-6-12(16)11-23-18(21)14-10-17(19)20-15-8-4-3-7-13(14)15/h2-10H,11H2,1H3. The third-order valence-electron chi connectivity index (χ3n) is 3.46. The third-order valence-corrected chi connectivity index (χ3v) is 3.65. The van der Waals surface area contributed by atoms with Crippen LogP contribution in [0.15, 0.2) is 54.6 Å². The monoisotopic (exact) mass is 327 g/mol. The highest BCUT2D eigenvalue weighted by Crippen LogP contribution is 2.23. The Bertz CT molecular complexity index is 864. The zero-order chi connectivity index (χ0) is 16.2. The maximum atomic E-state index is 12.4. The van der Waals surface area contributed by atoms with Crippen LogP contribution in [-0.2, 0) is 11.3 Å². The van der Waals surface area contributed by atoms with Gasteiger partial charge in [-0.15, -0.1) is 0 Å². The number of carbonyl (C=O) groups is 1. The Morgan fingerprint density at radius 3 is 2.70 bits per heavy atom. The molecule has 23 heavy (non-hydrogen) atoms. The van der Waals surface area contributed by atoms with Crippen molar-refractivity contribution in [2.75, 3.05) is 7.11 Å². The number of fused-ring (bicyclic) bond motifs is 1. The summed E-state index contributed by atoms with van der Waals surface area (Å²) in [7, 11) is 1.58. The van der Waals surface area contributed by atoms with Gasteiger partial charge in [-0.25, -0.2) is 9.78 Å². The first kappa shape index (κ1) is 15.3. The first-order valence-electron chi connectivity index (χ1n) is 7.03. The number of rotatable bonds is 4. The van der Waals surface area contributed by atoms with Crippen LogP contribution in [0.2, 0.25) is 5.15 Å². The molecule has 5 heteroatoms. The van der Waals surface area contributed by atoms with E-state index in [4.69, 9.17) is 21.1 Å². The van der Waals surface area contributed by atoms with Gasteiger partial charge < -0.3 is 9.47 Å². The number of ether oxygens (including phenoxy) is 2. The van der Waals surface area contributed by atoms with Crippen LogP contribution in [0.1, 0.15) is 15.9 Å². The van der Waals surface area contributed by atoms with Gasteiger partial charge in [0, 0.05) is 10.9 Å². The molecule has 0 N–H and O–H groups in total. The van der Waals surface area contributed by atoms with Gasteiger partial charge in [0.15, 0.2) is 0 Å². The lowest BCUT2D eigenvalue weighted by Gasteiger charge is -2.10. The maximum Gasteiger partial charge on any atom is 0.339 e. The van der Waals surface area contributed by atoms with E-state index in [2.05, 4.69) is 4.98 Å². The van der Waals surface area contributed by atoms with Crippen LogP contribution < -0.4 is 4.74 Å². The highest BCUT2D eigenvalue weighted by Gasteiger charge is 2.14. The van der Waals surface area contributed by atoms with Crippen molar-refractivity contribution in [3.8, 4) is 5.75 Å². The van der Waals surface area contributed by atoms with Crippen LogP contribution in [0.4, 0.5) is 0 Å². The van der Waals surface area contributed by atoms with E-state index >= 15 is 0 Å². The number of methoxy groups -OCH3 is 1. The Hall–Kier alpha value is -2.59. The number of hydrogen-bond acceptors (Lipinski definition) is 4. The smallest absolute Gasteiger partial charge is 0.339 e. The summed E-state index contributed by atoms with van der Waals surface area (Å²) in [6, 6.07) is 16.2. The molecule has 0 atom stereocenters. The second-order valence-corrected chi connectivity index (χ2v) is 5.28. The topological polar surface area (TPSA) is 48.4 Å². The molecule has 2 aromatic carbocycles. The van der Waals surface area contributed by atoms with E-state index in [1.807, 2.05) is 42.5 Å². The van der Waals surface area contributed by atoms with Gasteiger partial charge in [-0.2, -0.15) is 0 Å². The molecule has 116 valence electrons. The van der Waals surface area contributed by atoms with Gasteiger partial charge >= 0.3 is 5.97 Å². The number of benzene rings is 2. The van der Waals surface area contributed by atoms with Crippen LogP contribution in [0.3, 0.4) is 0 Å². The number of halogens is 1. The average molecular weight is 328 g/mol. The molecular formula is C18H14ClNO3. The summed E-state index contributed by atoms with van der Waals surface area (Å²) >= 11 is 5.99. The van der Waals surface area contributed by atoms with Gasteiger partial charge in [-0.05, 0) is 18.2 Å². The van der Waals surface area contributed by atoms with Gasteiger partial charge in [0.05, 0.1) is 18.2 Å². The maximum absolute atomic E-state index is 12.4. The van der Waals surface area contributed by atoms with Crippen LogP contribution in [0, 0.1) is 0 Å². The SMILES string of the molecule is COc1ccccc1COC(=O)c1cc(Cl)nc2ccccc12. The minimum Gasteiger partial charge on any atom is -0.496 e. The number of esters is 1. The fourth-order valence-electron chi connectivity index (χ4n) is 2.36. The Labute approximate surface area is 138 Å². The Kier molecular flexibility index (Phi) is 4.44. The minimum absolute atomic E-state index is 0.122. The molecule has 0 amide bonds. The highest BCUT2D eigenvalue weighted by atomic mass is 35.5. The molecule has 3 rings (SSSR count). The van der Waals surface area contributed by atoms with Crippen molar-refractivity contribution in [1.82, 2.24) is 4.98 Å². The molecule has 0 aliphatic carbocycles. The molecule has 1 aromatic heterocycles. The normalized spacial score (nSPS) is 10.5. The van der Waals surface area contributed by atoms with Gasteiger partial charge in [0.1, 0.15) is 17.5 Å². The predicted molar refractivity (Wildman–Crippen MR) is 88.9 cm³/mol. The van der Waals surface area contributed by atoms with E-state index in [9.17, 15) is 4.79 Å². The number of pyridine rings is 1. The van der Waals surface area contributed by atoms with E-state index in [1.54, 1.807) is 13.2 Å². The van der Waals surface area contributed by atoms with Crippen molar-refractivity contribution in [2.45, 2.75) is 6.61 Å². The zero-order valence-corrected chi connectivity index (χ0v) is 13.2. The molecule has 4 nitrogen and oxygen atoms in total. The molecule has 0 bridgehead atoms. The molecule has 0 radical (unpaired) electrons. The van der Waals surface area contributed by atoms with Gasteiger partial charge in [0.2, 0.25) is 0 Å². The van der Waals surface area contributed by atoms with E-state index < -0.39 is 5.97 Å². The minimum atomic E-state index is -0.448. The lowest BCUT2D eigenvalue weighted by Crippen LogP contribution is -2.07. The predicted octanol–water partition coefficient (Wildman–Crippen LogP) is 4.25. The molecule has 0 saturated carbocycles. The van der Waals surface area contributed by atoms with Gasteiger partial charge in [-0.3, -0.25) is 0 Å². The second kappa shape index (κ2) is 6.67. The van der Waals surface area contributed by atoms with Gasteiger partial charge in [0.25, 0.3) is 0 Å². The summed E-state index contributed by atoms with van der Waals surface area (Å²) in [4.78, 5) is 16.6. The lowest BCUT2D eigenvalue weighted by atomic mass is 10.1. The van der Waals surface area contributed by atoms with E-state index in [0.29, 0.717) is 22.2 Å². The van der Waals surface area contributed by atoms with Crippen molar-refractivity contribution in [3.05, 3.63) is 70.9 Å². The second-order valence-electron chi connectivity index (χ2n) is 4.90. The molecule has 0 fully saturated rings. The molecule has 0 unspecified atom stereocenters. The van der Waals surface area contributed by atoms with Gasteiger partial charge in [-0.1, -0.05) is 48.0 Å². The summed E-state index contributed by atoms with van der Waals surface area (Å²) in [6.45, 7) is 0.122. The number of carbonyl (C=O) groups excluding carboxylic acids is 1. The number of hydrogen-bond donors (Lipinski definition) is 0. The van der Waals surface area contributed by atoms with Crippen molar-refractivity contribution >= 4 is 28.5 Å². The van der Waals surface area contributed by atoms with Crippen molar-refractivity contribution in [3.63, 3.8) is 0 Å². The number of nitrogens with zero attached hydrogens (tertiary/aromatic N) is 1. The molecule has 3 aromatic rings. The fraction of sp³-hybridized carbons (Fsp3) is 0.111. The van der Waals surface area contributed by atoms with Crippen molar-refractivity contribution in [1.29, 1.82) is 0 Å². The summed E-state index contributed by atoms with van der Waals surface area (Å²) in [5.74, 6) is 0.231. The van der Waals surface area contributed by atoms with Crippen LogP contribution in [0.25, 0.3) is 10.9 Å². The highest BCUT2D eigenvalue weighted by molar-refractivity contribution is 6.30. The quantitative estimate of drug-likeness (QED) is 0.531. The largest absolute Gasteiger partial charge is 0.496 e. The summed E-state index contributed by atoms with van der Waals surface area (Å²) in [5.41, 5.74) is 1.85. The molecule has 0 saturated heterocycles. The summed E-state index contributed by atoms with van der Waals surface area (Å²) < 4.78 is 10.7.